The molecule has 2 aromatic rings. The van der Waals surface area contributed by atoms with Gasteiger partial charge in [0.15, 0.2) is 0 Å². The van der Waals surface area contributed by atoms with Crippen LogP contribution in [0.3, 0.4) is 0 Å². The third-order valence-electron chi connectivity index (χ3n) is 5.00. The van der Waals surface area contributed by atoms with Crippen molar-refractivity contribution < 1.29 is 17.7 Å². The fourth-order valence-electron chi connectivity index (χ4n) is 3.46. The molecule has 2 aliphatic heterocycles. The molecule has 0 N–H and O–H groups in total. The zero-order chi connectivity index (χ0) is 18.9. The van der Waals surface area contributed by atoms with Gasteiger partial charge in [-0.3, -0.25) is 4.79 Å². The Labute approximate surface area is 162 Å². The molecule has 2 fully saturated rings. The highest BCUT2D eigenvalue weighted by Gasteiger charge is 2.28. The number of carbonyl (C=O) groups is 1. The maximum atomic E-state index is 12.9. The van der Waals surface area contributed by atoms with Crippen molar-refractivity contribution in [3.05, 3.63) is 17.3 Å². The van der Waals surface area contributed by atoms with E-state index in [-0.39, 0.29) is 21.8 Å². The monoisotopic (exact) mass is 410 g/mol. The molecule has 8 nitrogen and oxygen atoms in total. The number of rotatable bonds is 4. The molecule has 27 heavy (non-hydrogen) atoms. The van der Waals surface area contributed by atoms with Crippen molar-refractivity contribution in [2.45, 2.75) is 42.7 Å². The van der Waals surface area contributed by atoms with Crippen molar-refractivity contribution in [2.75, 3.05) is 26.2 Å². The van der Waals surface area contributed by atoms with Gasteiger partial charge in [-0.05, 0) is 31.7 Å². The van der Waals surface area contributed by atoms with Crippen molar-refractivity contribution in [1.29, 1.82) is 0 Å². The molecular formula is C17H22N4O4S2. The molecule has 4 heterocycles. The van der Waals surface area contributed by atoms with Crippen LogP contribution in [0, 0.1) is 0 Å². The average molecular weight is 411 g/mol. The van der Waals surface area contributed by atoms with Crippen LogP contribution >= 0.6 is 11.3 Å². The van der Waals surface area contributed by atoms with Crippen LogP contribution in [-0.2, 0) is 10.0 Å². The summed E-state index contributed by atoms with van der Waals surface area (Å²) in [5.74, 6) is -0.0694. The highest BCUT2D eigenvalue weighted by Crippen LogP contribution is 2.30. The summed E-state index contributed by atoms with van der Waals surface area (Å²) in [6.45, 7) is 2.53. The van der Waals surface area contributed by atoms with Crippen molar-refractivity contribution in [3.63, 3.8) is 0 Å². The lowest BCUT2D eigenvalue weighted by molar-refractivity contribution is 0.0743. The topological polar surface area (TPSA) is 96.6 Å². The smallest absolute Gasteiger partial charge is 0.316 e. The predicted molar refractivity (Wildman–Crippen MR) is 100.0 cm³/mol. The lowest BCUT2D eigenvalue weighted by Crippen LogP contribution is -2.31. The Morgan fingerprint density at radius 1 is 1.04 bits per heavy atom. The molecule has 0 aliphatic carbocycles. The zero-order valence-electron chi connectivity index (χ0n) is 15.0. The van der Waals surface area contributed by atoms with Gasteiger partial charge in [-0.15, -0.1) is 11.3 Å². The van der Waals surface area contributed by atoms with E-state index in [9.17, 15) is 13.2 Å². The minimum absolute atomic E-state index is 0.0463. The van der Waals surface area contributed by atoms with E-state index in [4.69, 9.17) is 4.52 Å². The molecule has 1 amide bonds. The number of aromatic nitrogens is 2. The number of amides is 1. The third kappa shape index (κ3) is 3.78. The van der Waals surface area contributed by atoms with Gasteiger partial charge in [-0.2, -0.15) is 9.29 Å². The van der Waals surface area contributed by atoms with Crippen LogP contribution in [0.2, 0.25) is 0 Å². The van der Waals surface area contributed by atoms with Gasteiger partial charge in [-0.25, -0.2) is 8.42 Å². The number of hydrogen-bond acceptors (Lipinski definition) is 7. The fourth-order valence-corrected chi connectivity index (χ4v) is 6.29. The maximum Gasteiger partial charge on any atom is 0.316 e. The minimum atomic E-state index is -3.50. The Morgan fingerprint density at radius 3 is 2.41 bits per heavy atom. The van der Waals surface area contributed by atoms with E-state index >= 15 is 0 Å². The number of likely N-dealkylation sites (tertiary alicyclic amines) is 1. The largest absolute Gasteiger partial charge is 0.334 e. The van der Waals surface area contributed by atoms with Gasteiger partial charge in [0, 0.05) is 37.1 Å². The van der Waals surface area contributed by atoms with Gasteiger partial charge in [-0.1, -0.05) is 18.0 Å². The van der Waals surface area contributed by atoms with Gasteiger partial charge in [0.25, 0.3) is 10.0 Å². The van der Waals surface area contributed by atoms with Gasteiger partial charge >= 0.3 is 11.8 Å². The third-order valence-corrected chi connectivity index (χ3v) is 8.31. The lowest BCUT2D eigenvalue weighted by atomic mass is 10.2. The van der Waals surface area contributed by atoms with E-state index in [0.29, 0.717) is 31.7 Å². The molecule has 0 atom stereocenters. The molecule has 0 spiro atoms. The quantitative estimate of drug-likeness (QED) is 0.769. The van der Waals surface area contributed by atoms with E-state index in [0.717, 1.165) is 49.9 Å². The first-order valence-electron chi connectivity index (χ1n) is 9.28. The van der Waals surface area contributed by atoms with E-state index in [1.165, 1.54) is 0 Å². The second-order valence-electron chi connectivity index (χ2n) is 6.90. The van der Waals surface area contributed by atoms with Crippen LogP contribution in [0.15, 0.2) is 20.2 Å². The lowest BCUT2D eigenvalue weighted by Gasteiger charge is -2.18. The zero-order valence-corrected chi connectivity index (χ0v) is 16.6. The Balaban J connectivity index is 1.53. The summed E-state index contributed by atoms with van der Waals surface area (Å²) in [6, 6.07) is 1.57. The van der Waals surface area contributed by atoms with Gasteiger partial charge < -0.3 is 9.42 Å². The van der Waals surface area contributed by atoms with E-state index in [1.54, 1.807) is 20.7 Å². The summed E-state index contributed by atoms with van der Waals surface area (Å²) >= 11 is 1.15. The van der Waals surface area contributed by atoms with E-state index in [1.807, 2.05) is 0 Å². The summed E-state index contributed by atoms with van der Waals surface area (Å²) in [5, 5.41) is 5.56. The molecule has 2 saturated heterocycles. The van der Waals surface area contributed by atoms with Crippen LogP contribution < -0.4 is 0 Å². The summed E-state index contributed by atoms with van der Waals surface area (Å²) in [6.07, 6.45) is 5.88. The van der Waals surface area contributed by atoms with Crippen LogP contribution in [-0.4, -0.2) is 59.8 Å². The molecule has 146 valence electrons. The Bertz CT molecular complexity index is 907. The van der Waals surface area contributed by atoms with Gasteiger partial charge in [0.2, 0.25) is 5.82 Å². The number of nitrogens with zero attached hydrogens (tertiary/aromatic N) is 4. The first-order chi connectivity index (χ1) is 13.1. The second kappa shape index (κ2) is 7.69. The molecule has 2 aromatic heterocycles. The Kier molecular flexibility index (Phi) is 5.29. The molecule has 0 unspecified atom stereocenters. The summed E-state index contributed by atoms with van der Waals surface area (Å²) in [5.41, 5.74) is 0.553. The van der Waals surface area contributed by atoms with Crippen LogP contribution in [0.5, 0.6) is 0 Å². The highest BCUT2D eigenvalue weighted by molar-refractivity contribution is 7.91. The van der Waals surface area contributed by atoms with Crippen LogP contribution in [0.25, 0.3) is 11.4 Å². The number of thiophene rings is 1. The van der Waals surface area contributed by atoms with Crippen molar-refractivity contribution in [3.8, 4) is 11.4 Å². The molecular weight excluding hydrogens is 388 g/mol. The van der Waals surface area contributed by atoms with E-state index < -0.39 is 10.0 Å². The number of hydrogen-bond donors (Lipinski definition) is 0. The minimum Gasteiger partial charge on any atom is -0.334 e. The standard InChI is InChI=1S/C17H22N4O4S2/c22-17(20-7-5-6-8-20)16-18-15(19-25-16)13-11-14(26-12-13)27(23,24)21-9-3-1-2-4-10-21/h11-12H,1-10H2. The Morgan fingerprint density at radius 2 is 1.70 bits per heavy atom. The number of sulfonamides is 1. The first-order valence-corrected chi connectivity index (χ1v) is 11.6. The van der Waals surface area contributed by atoms with E-state index in [2.05, 4.69) is 10.1 Å². The molecule has 2 aliphatic rings. The fraction of sp³-hybridized carbons (Fsp3) is 0.588. The molecule has 0 aromatic carbocycles. The van der Waals surface area contributed by atoms with Gasteiger partial charge in [0.05, 0.1) is 0 Å². The average Bonchev–Trinajstić information content (AvgIpc) is 3.39. The molecule has 10 heteroatoms. The maximum absolute atomic E-state index is 12.9. The molecule has 0 bridgehead atoms. The summed E-state index contributed by atoms with van der Waals surface area (Å²) in [4.78, 5) is 18.2. The van der Waals surface area contributed by atoms with Crippen LogP contribution in [0.1, 0.15) is 49.2 Å². The molecule has 4 rings (SSSR count). The highest BCUT2D eigenvalue weighted by atomic mass is 32.2. The Hall–Kier alpha value is -1.78. The first kappa shape index (κ1) is 18.6. The van der Waals surface area contributed by atoms with Crippen molar-refractivity contribution >= 4 is 27.3 Å². The SMILES string of the molecule is O=C(c1nc(-c2csc(S(=O)(=O)N3CCCCCC3)c2)no1)N1CCCC1. The van der Waals surface area contributed by atoms with Crippen molar-refractivity contribution in [1.82, 2.24) is 19.3 Å². The number of carbonyl (C=O) groups excluding carboxylic acids is 1. The molecule has 0 radical (unpaired) electrons. The van der Waals surface area contributed by atoms with Crippen molar-refractivity contribution in [2.24, 2.45) is 0 Å². The normalized spacial score (nSPS) is 19.3. The summed E-state index contributed by atoms with van der Waals surface area (Å²) < 4.78 is 32.7. The predicted octanol–water partition coefficient (Wildman–Crippen LogP) is 2.60. The van der Waals surface area contributed by atoms with Crippen LogP contribution in [0.4, 0.5) is 0 Å². The summed E-state index contributed by atoms with van der Waals surface area (Å²) in [7, 11) is -3.50. The second-order valence-corrected chi connectivity index (χ2v) is 9.97. The molecule has 0 saturated carbocycles. The van der Waals surface area contributed by atoms with Gasteiger partial charge in [0.1, 0.15) is 4.21 Å².